The van der Waals surface area contributed by atoms with Crippen molar-refractivity contribution in [3.63, 3.8) is 0 Å². The smallest absolute Gasteiger partial charge is 0.257 e. The number of nitrogens with one attached hydrogen (secondary N) is 2. The second-order valence-corrected chi connectivity index (χ2v) is 6.43. The number of rotatable bonds is 4. The van der Waals surface area contributed by atoms with Crippen molar-refractivity contribution in [1.82, 2.24) is 4.90 Å². The average molecular weight is 353 g/mol. The first-order valence-electron chi connectivity index (χ1n) is 8.66. The number of nitrogens with zero attached hydrogens (tertiary/aromatic N) is 1. The van der Waals surface area contributed by atoms with Gasteiger partial charge in [0.1, 0.15) is 5.82 Å². The van der Waals surface area contributed by atoms with Gasteiger partial charge in [-0.1, -0.05) is 12.1 Å². The van der Waals surface area contributed by atoms with Crippen LogP contribution in [0.2, 0.25) is 0 Å². The number of ether oxygens (including phenoxy) is 1. The molecule has 1 amide bonds. The van der Waals surface area contributed by atoms with Crippen molar-refractivity contribution < 1.29 is 13.9 Å². The monoisotopic (exact) mass is 353 g/mol. The molecule has 26 heavy (non-hydrogen) atoms. The number of carbonyl (C=O) groups is 1. The Kier molecular flexibility index (Phi) is 4.69. The van der Waals surface area contributed by atoms with Gasteiger partial charge < -0.3 is 15.4 Å². The first-order valence-corrected chi connectivity index (χ1v) is 8.66. The molecule has 2 aliphatic heterocycles. The molecule has 2 heterocycles. The molecule has 6 heteroatoms. The second kappa shape index (κ2) is 7.27. The third-order valence-electron chi connectivity index (χ3n) is 4.61. The number of fused-ring (bicyclic) bond motifs is 1. The van der Waals surface area contributed by atoms with Crippen LogP contribution >= 0.6 is 0 Å². The fourth-order valence-corrected chi connectivity index (χ4v) is 3.18. The molecule has 4 rings (SSSR count). The van der Waals surface area contributed by atoms with E-state index in [0.717, 1.165) is 38.5 Å². The summed E-state index contributed by atoms with van der Waals surface area (Å²) in [6, 6.07) is 12.4. The molecule has 0 unspecified atom stereocenters. The SMILES string of the molecule is O=C1Nc2ccc(F)cc2C1=CNc1ccc(CN2CCOCC2)cc1. The maximum absolute atomic E-state index is 13.5. The lowest BCUT2D eigenvalue weighted by molar-refractivity contribution is -0.110. The maximum atomic E-state index is 13.5. The van der Waals surface area contributed by atoms with E-state index in [4.69, 9.17) is 4.74 Å². The quantitative estimate of drug-likeness (QED) is 0.830. The summed E-state index contributed by atoms with van der Waals surface area (Å²) in [5.74, 6) is -0.597. The Morgan fingerprint density at radius 1 is 1.15 bits per heavy atom. The normalized spacial score (nSPS) is 18.7. The number of halogens is 1. The molecular formula is C20H20FN3O2. The highest BCUT2D eigenvalue weighted by atomic mass is 19.1. The number of anilines is 2. The van der Waals surface area contributed by atoms with Crippen molar-refractivity contribution in [1.29, 1.82) is 0 Å². The Labute approximate surface area is 151 Å². The minimum Gasteiger partial charge on any atom is -0.379 e. The standard InChI is InChI=1S/C20H20FN3O2/c21-15-3-6-19-17(11-15)18(20(25)23-19)12-22-16-4-1-14(2-5-16)13-24-7-9-26-10-8-24/h1-6,11-12,22H,7-10,13H2,(H,23,25). The molecule has 0 radical (unpaired) electrons. The van der Waals surface area contributed by atoms with Gasteiger partial charge in [-0.25, -0.2) is 4.39 Å². The predicted octanol–water partition coefficient (Wildman–Crippen LogP) is 3.06. The lowest BCUT2D eigenvalue weighted by atomic mass is 10.1. The largest absolute Gasteiger partial charge is 0.379 e. The summed E-state index contributed by atoms with van der Waals surface area (Å²) >= 11 is 0. The van der Waals surface area contributed by atoms with Crippen LogP contribution in [0.1, 0.15) is 11.1 Å². The zero-order valence-electron chi connectivity index (χ0n) is 14.3. The molecule has 2 aromatic rings. The van der Waals surface area contributed by atoms with E-state index >= 15 is 0 Å². The highest BCUT2D eigenvalue weighted by Gasteiger charge is 2.24. The van der Waals surface area contributed by atoms with Gasteiger partial charge >= 0.3 is 0 Å². The molecule has 0 aromatic heterocycles. The molecule has 1 fully saturated rings. The van der Waals surface area contributed by atoms with Crippen molar-refractivity contribution in [2.24, 2.45) is 0 Å². The Morgan fingerprint density at radius 3 is 2.69 bits per heavy atom. The fourth-order valence-electron chi connectivity index (χ4n) is 3.18. The average Bonchev–Trinajstić information content (AvgIpc) is 2.96. The summed E-state index contributed by atoms with van der Waals surface area (Å²) in [5.41, 5.74) is 3.74. The van der Waals surface area contributed by atoms with Gasteiger partial charge in [-0.2, -0.15) is 0 Å². The molecule has 2 aliphatic rings. The van der Waals surface area contributed by atoms with Crippen molar-refractivity contribution in [2.75, 3.05) is 36.9 Å². The Balaban J connectivity index is 1.44. The molecular weight excluding hydrogens is 333 g/mol. The van der Waals surface area contributed by atoms with Crippen LogP contribution in [0.4, 0.5) is 15.8 Å². The Morgan fingerprint density at radius 2 is 1.92 bits per heavy atom. The molecule has 2 N–H and O–H groups in total. The van der Waals surface area contributed by atoms with Gasteiger partial charge in [0.2, 0.25) is 0 Å². The van der Waals surface area contributed by atoms with Gasteiger partial charge in [0.15, 0.2) is 0 Å². The topological polar surface area (TPSA) is 53.6 Å². The molecule has 134 valence electrons. The summed E-state index contributed by atoms with van der Waals surface area (Å²) < 4.78 is 18.8. The third kappa shape index (κ3) is 3.61. The van der Waals surface area contributed by atoms with Crippen LogP contribution in [0.15, 0.2) is 48.7 Å². The lowest BCUT2D eigenvalue weighted by Gasteiger charge is -2.26. The highest BCUT2D eigenvalue weighted by Crippen LogP contribution is 2.32. The second-order valence-electron chi connectivity index (χ2n) is 6.43. The summed E-state index contributed by atoms with van der Waals surface area (Å²) in [6.07, 6.45) is 1.62. The summed E-state index contributed by atoms with van der Waals surface area (Å²) in [4.78, 5) is 14.4. The minimum absolute atomic E-state index is 0.234. The van der Waals surface area contributed by atoms with E-state index < -0.39 is 0 Å². The molecule has 0 aliphatic carbocycles. The molecule has 0 spiro atoms. The van der Waals surface area contributed by atoms with E-state index in [1.807, 2.05) is 12.1 Å². The van der Waals surface area contributed by atoms with Crippen LogP contribution < -0.4 is 10.6 Å². The van der Waals surface area contributed by atoms with Crippen molar-refractivity contribution in [3.8, 4) is 0 Å². The van der Waals surface area contributed by atoms with Crippen molar-refractivity contribution >= 4 is 22.9 Å². The van der Waals surface area contributed by atoms with Gasteiger partial charge in [0.05, 0.1) is 18.8 Å². The first kappa shape index (κ1) is 16.8. The van der Waals surface area contributed by atoms with Crippen LogP contribution in [-0.4, -0.2) is 37.1 Å². The van der Waals surface area contributed by atoms with Crippen molar-refractivity contribution in [2.45, 2.75) is 6.54 Å². The molecule has 0 saturated carbocycles. The number of benzene rings is 2. The van der Waals surface area contributed by atoms with Gasteiger partial charge in [-0.05, 0) is 35.9 Å². The first-order chi connectivity index (χ1) is 12.7. The van der Waals surface area contributed by atoms with E-state index in [1.54, 1.807) is 12.3 Å². The Hall–Kier alpha value is -2.70. The molecule has 0 atom stereocenters. The van der Waals surface area contributed by atoms with Crippen LogP contribution in [-0.2, 0) is 16.1 Å². The van der Waals surface area contributed by atoms with E-state index in [0.29, 0.717) is 16.8 Å². The third-order valence-corrected chi connectivity index (χ3v) is 4.61. The zero-order chi connectivity index (χ0) is 17.9. The van der Waals surface area contributed by atoms with Crippen LogP contribution in [0, 0.1) is 5.82 Å². The summed E-state index contributed by atoms with van der Waals surface area (Å²) in [7, 11) is 0. The van der Waals surface area contributed by atoms with Gasteiger partial charge in [-0.15, -0.1) is 0 Å². The van der Waals surface area contributed by atoms with Gasteiger partial charge in [0.25, 0.3) is 5.91 Å². The molecule has 2 aromatic carbocycles. The summed E-state index contributed by atoms with van der Waals surface area (Å²) in [5, 5.41) is 5.87. The van der Waals surface area contributed by atoms with Crippen molar-refractivity contribution in [3.05, 3.63) is 65.6 Å². The minimum atomic E-state index is -0.362. The van der Waals surface area contributed by atoms with E-state index in [1.165, 1.54) is 17.7 Å². The molecule has 1 saturated heterocycles. The molecule has 5 nitrogen and oxygen atoms in total. The number of carbonyl (C=O) groups excluding carboxylic acids is 1. The highest BCUT2D eigenvalue weighted by molar-refractivity contribution is 6.31. The Bertz CT molecular complexity index is 843. The molecule has 0 bridgehead atoms. The predicted molar refractivity (Wildman–Crippen MR) is 99.2 cm³/mol. The zero-order valence-corrected chi connectivity index (χ0v) is 14.3. The lowest BCUT2D eigenvalue weighted by Crippen LogP contribution is -2.35. The van der Waals surface area contributed by atoms with Gasteiger partial charge in [-0.3, -0.25) is 9.69 Å². The summed E-state index contributed by atoms with van der Waals surface area (Å²) in [6.45, 7) is 4.39. The number of morpholine rings is 1. The van der Waals surface area contributed by atoms with Crippen LogP contribution in [0.25, 0.3) is 5.57 Å². The van der Waals surface area contributed by atoms with Gasteiger partial charge in [0, 0.05) is 42.8 Å². The maximum Gasteiger partial charge on any atom is 0.257 e. The van der Waals surface area contributed by atoms with E-state index in [-0.39, 0.29) is 11.7 Å². The van der Waals surface area contributed by atoms with E-state index in [2.05, 4.69) is 27.7 Å². The number of amides is 1. The number of hydrogen-bond donors (Lipinski definition) is 2. The fraction of sp³-hybridized carbons (Fsp3) is 0.250. The number of hydrogen-bond acceptors (Lipinski definition) is 4. The van der Waals surface area contributed by atoms with E-state index in [9.17, 15) is 9.18 Å². The van der Waals surface area contributed by atoms with Crippen LogP contribution in [0.5, 0.6) is 0 Å². The van der Waals surface area contributed by atoms with Crippen LogP contribution in [0.3, 0.4) is 0 Å².